The van der Waals surface area contributed by atoms with Crippen LogP contribution in [0.2, 0.25) is 0 Å². The Morgan fingerprint density at radius 1 is 1.10 bits per heavy atom. The van der Waals surface area contributed by atoms with Crippen molar-refractivity contribution < 1.29 is 8.78 Å². The third kappa shape index (κ3) is 3.24. The van der Waals surface area contributed by atoms with Crippen molar-refractivity contribution >= 4 is 49.2 Å². The quantitative estimate of drug-likeness (QED) is 0.785. The Morgan fingerprint density at radius 3 is 2.30 bits per heavy atom. The van der Waals surface area contributed by atoms with Gasteiger partial charge in [0.05, 0.1) is 0 Å². The first-order chi connectivity index (χ1) is 9.52. The number of hydrogen-bond donors (Lipinski definition) is 2. The van der Waals surface area contributed by atoms with Gasteiger partial charge in [-0.2, -0.15) is 0 Å². The molecule has 0 bridgehead atoms. The molecular formula is C12H10Br2F2N4. The molecule has 2 N–H and O–H groups in total. The van der Waals surface area contributed by atoms with E-state index in [1.165, 1.54) is 18.5 Å². The predicted octanol–water partition coefficient (Wildman–Crippen LogP) is 4.46. The van der Waals surface area contributed by atoms with Gasteiger partial charge in [-0.25, -0.2) is 18.7 Å². The molecule has 0 aliphatic heterocycles. The van der Waals surface area contributed by atoms with E-state index in [1.54, 1.807) is 0 Å². The average Bonchev–Trinajstić information content (AvgIpc) is 2.38. The van der Waals surface area contributed by atoms with E-state index in [9.17, 15) is 8.78 Å². The zero-order chi connectivity index (χ0) is 14.7. The van der Waals surface area contributed by atoms with Gasteiger partial charge in [0, 0.05) is 11.0 Å². The summed E-state index contributed by atoms with van der Waals surface area (Å²) >= 11 is 6.33. The Bertz CT molecular complexity index is 614. The molecule has 1 aromatic carbocycles. The van der Waals surface area contributed by atoms with Crippen molar-refractivity contribution in [3.05, 3.63) is 39.0 Å². The largest absolute Gasteiger partial charge is 0.369 e. The number of halogens is 4. The highest BCUT2D eigenvalue weighted by molar-refractivity contribution is 9.11. The van der Waals surface area contributed by atoms with Gasteiger partial charge in [-0.3, -0.25) is 0 Å². The molecule has 0 aliphatic rings. The van der Waals surface area contributed by atoms with Crippen molar-refractivity contribution in [3.63, 3.8) is 0 Å². The molecule has 0 unspecified atom stereocenters. The molecule has 1 heterocycles. The number of rotatable bonds is 4. The van der Waals surface area contributed by atoms with Crippen LogP contribution in [0.25, 0.3) is 0 Å². The minimum absolute atomic E-state index is 0.268. The lowest BCUT2D eigenvalue weighted by Crippen LogP contribution is -2.05. The van der Waals surface area contributed by atoms with Crippen molar-refractivity contribution in [2.45, 2.75) is 6.92 Å². The molecule has 0 saturated carbocycles. The molecule has 0 atom stereocenters. The Labute approximate surface area is 131 Å². The molecule has 0 radical (unpaired) electrons. The third-order valence-corrected chi connectivity index (χ3v) is 3.59. The Kier molecular flexibility index (Phi) is 4.87. The Balaban J connectivity index is 2.38. The summed E-state index contributed by atoms with van der Waals surface area (Å²) in [6.45, 7) is 2.58. The summed E-state index contributed by atoms with van der Waals surface area (Å²) in [4.78, 5) is 7.99. The topological polar surface area (TPSA) is 49.8 Å². The normalized spacial score (nSPS) is 10.4. The predicted molar refractivity (Wildman–Crippen MR) is 81.2 cm³/mol. The average molecular weight is 408 g/mol. The van der Waals surface area contributed by atoms with Crippen molar-refractivity contribution in [2.75, 3.05) is 17.2 Å². The maximum absolute atomic E-state index is 13.8. The van der Waals surface area contributed by atoms with E-state index in [0.717, 1.165) is 0 Å². The van der Waals surface area contributed by atoms with Gasteiger partial charge in [-0.1, -0.05) is 15.9 Å². The fourth-order valence-corrected chi connectivity index (χ4v) is 2.37. The van der Waals surface area contributed by atoms with Gasteiger partial charge < -0.3 is 10.6 Å². The van der Waals surface area contributed by atoms with Crippen LogP contribution in [-0.2, 0) is 0 Å². The van der Waals surface area contributed by atoms with Crippen molar-refractivity contribution in [3.8, 4) is 0 Å². The van der Waals surface area contributed by atoms with Crippen LogP contribution in [0.5, 0.6) is 0 Å². The third-order valence-electron chi connectivity index (χ3n) is 2.38. The van der Waals surface area contributed by atoms with E-state index >= 15 is 0 Å². The molecule has 0 spiro atoms. The summed E-state index contributed by atoms with van der Waals surface area (Å²) < 4.78 is 28.4. The number of anilines is 3. The van der Waals surface area contributed by atoms with Crippen LogP contribution in [0.15, 0.2) is 27.4 Å². The summed E-state index contributed by atoms with van der Waals surface area (Å²) in [7, 11) is 0. The maximum atomic E-state index is 13.8. The first kappa shape index (κ1) is 15.1. The van der Waals surface area contributed by atoms with E-state index < -0.39 is 11.6 Å². The molecule has 0 saturated heterocycles. The van der Waals surface area contributed by atoms with Crippen LogP contribution in [0.1, 0.15) is 6.92 Å². The standard InChI is InChI=1S/C12H10Br2F2N4/c1-2-17-11-9(14)12(19-5-18-11)20-10-7(15)3-6(13)4-8(10)16/h3-5H,2H2,1H3,(H2,17,18,19,20). The summed E-state index contributed by atoms with van der Waals surface area (Å²) in [6.07, 6.45) is 1.31. The first-order valence-electron chi connectivity index (χ1n) is 5.68. The molecule has 20 heavy (non-hydrogen) atoms. The Morgan fingerprint density at radius 2 is 1.70 bits per heavy atom. The van der Waals surface area contributed by atoms with E-state index in [-0.39, 0.29) is 11.5 Å². The Hall–Kier alpha value is -1.28. The fraction of sp³-hybridized carbons (Fsp3) is 0.167. The summed E-state index contributed by atoms with van der Waals surface area (Å²) in [6, 6.07) is 2.34. The van der Waals surface area contributed by atoms with E-state index in [4.69, 9.17) is 0 Å². The van der Waals surface area contributed by atoms with Gasteiger partial charge in [0.15, 0.2) is 11.6 Å². The molecule has 1 aromatic heterocycles. The van der Waals surface area contributed by atoms with Crippen molar-refractivity contribution in [1.29, 1.82) is 0 Å². The van der Waals surface area contributed by atoms with Crippen molar-refractivity contribution in [1.82, 2.24) is 9.97 Å². The van der Waals surface area contributed by atoms with Crippen LogP contribution >= 0.6 is 31.9 Å². The van der Waals surface area contributed by atoms with Gasteiger partial charge in [0.1, 0.15) is 28.1 Å². The highest BCUT2D eigenvalue weighted by Crippen LogP contribution is 2.31. The van der Waals surface area contributed by atoms with Gasteiger partial charge in [0.2, 0.25) is 0 Å². The van der Waals surface area contributed by atoms with Crippen LogP contribution in [0, 0.1) is 11.6 Å². The van der Waals surface area contributed by atoms with Crippen LogP contribution in [0.4, 0.5) is 26.1 Å². The van der Waals surface area contributed by atoms with Gasteiger partial charge in [-0.15, -0.1) is 0 Å². The molecule has 4 nitrogen and oxygen atoms in total. The smallest absolute Gasteiger partial charge is 0.150 e. The number of nitrogens with one attached hydrogen (secondary N) is 2. The lowest BCUT2D eigenvalue weighted by Gasteiger charge is -2.12. The SMILES string of the molecule is CCNc1ncnc(Nc2c(F)cc(Br)cc2F)c1Br. The molecule has 0 fully saturated rings. The molecule has 0 amide bonds. The number of aromatic nitrogens is 2. The lowest BCUT2D eigenvalue weighted by molar-refractivity contribution is 0.589. The molecule has 106 valence electrons. The van der Waals surface area contributed by atoms with E-state index in [2.05, 4.69) is 52.5 Å². The zero-order valence-electron chi connectivity index (χ0n) is 10.3. The van der Waals surface area contributed by atoms with E-state index in [0.29, 0.717) is 21.3 Å². The summed E-state index contributed by atoms with van der Waals surface area (Å²) in [5.41, 5.74) is -0.268. The second-order valence-electron chi connectivity index (χ2n) is 3.78. The second kappa shape index (κ2) is 6.45. The number of hydrogen-bond acceptors (Lipinski definition) is 4. The fourth-order valence-electron chi connectivity index (χ4n) is 1.53. The molecule has 2 rings (SSSR count). The monoisotopic (exact) mass is 406 g/mol. The van der Waals surface area contributed by atoms with Gasteiger partial charge in [0.25, 0.3) is 0 Å². The second-order valence-corrected chi connectivity index (χ2v) is 5.49. The van der Waals surface area contributed by atoms with E-state index in [1.807, 2.05) is 6.92 Å². The number of nitrogens with zero attached hydrogens (tertiary/aromatic N) is 2. The van der Waals surface area contributed by atoms with Crippen molar-refractivity contribution in [2.24, 2.45) is 0 Å². The summed E-state index contributed by atoms with van der Waals surface area (Å²) in [5, 5.41) is 5.63. The van der Waals surface area contributed by atoms with Gasteiger partial charge in [-0.05, 0) is 35.0 Å². The lowest BCUT2D eigenvalue weighted by atomic mass is 10.3. The molecule has 0 aliphatic carbocycles. The highest BCUT2D eigenvalue weighted by atomic mass is 79.9. The number of benzene rings is 1. The summed E-state index contributed by atoms with van der Waals surface area (Å²) in [5.74, 6) is -0.612. The minimum atomic E-state index is -0.715. The first-order valence-corrected chi connectivity index (χ1v) is 7.27. The van der Waals surface area contributed by atoms with Crippen LogP contribution in [0.3, 0.4) is 0 Å². The van der Waals surface area contributed by atoms with Crippen LogP contribution in [-0.4, -0.2) is 16.5 Å². The molecule has 8 heteroatoms. The van der Waals surface area contributed by atoms with Crippen LogP contribution < -0.4 is 10.6 Å². The maximum Gasteiger partial charge on any atom is 0.150 e. The molecule has 2 aromatic rings. The van der Waals surface area contributed by atoms with Gasteiger partial charge >= 0.3 is 0 Å². The highest BCUT2D eigenvalue weighted by Gasteiger charge is 2.14. The molecular weight excluding hydrogens is 398 g/mol. The zero-order valence-corrected chi connectivity index (χ0v) is 13.5. The minimum Gasteiger partial charge on any atom is -0.369 e.